The van der Waals surface area contributed by atoms with Crippen LogP contribution in [0.25, 0.3) is 0 Å². The van der Waals surface area contributed by atoms with Gasteiger partial charge in [0.2, 0.25) is 0 Å². The lowest BCUT2D eigenvalue weighted by Gasteiger charge is -2.20. The van der Waals surface area contributed by atoms with E-state index in [0.29, 0.717) is 11.7 Å². The maximum absolute atomic E-state index is 13.0. The van der Waals surface area contributed by atoms with E-state index < -0.39 is 17.0 Å². The van der Waals surface area contributed by atoms with Crippen molar-refractivity contribution in [3.63, 3.8) is 0 Å². The number of Topliss-reactive ketones (excluding diaryl/α,β-unsaturated/α-hetero) is 1. The van der Waals surface area contributed by atoms with Crippen LogP contribution in [0.1, 0.15) is 41.1 Å². The second-order valence-corrected chi connectivity index (χ2v) is 9.07. The van der Waals surface area contributed by atoms with Gasteiger partial charge in [0.15, 0.2) is 16.8 Å². The predicted molar refractivity (Wildman–Crippen MR) is 128 cm³/mol. The third-order valence-corrected chi connectivity index (χ3v) is 6.63. The van der Waals surface area contributed by atoms with Crippen molar-refractivity contribution < 1.29 is 9.69 Å². The zero-order valence-electron chi connectivity index (χ0n) is 19.5. The van der Waals surface area contributed by atoms with Crippen LogP contribution in [0.2, 0.25) is 0 Å². The molecule has 176 valence electrons. The Balaban J connectivity index is 1.94. The van der Waals surface area contributed by atoms with Crippen molar-refractivity contribution in [1.29, 1.82) is 0 Å². The van der Waals surface area contributed by atoms with Gasteiger partial charge in [0.05, 0.1) is 26.4 Å². The highest BCUT2D eigenvalue weighted by Crippen LogP contribution is 2.23. The number of anilines is 1. The van der Waals surface area contributed by atoms with Crippen molar-refractivity contribution in [3.05, 3.63) is 68.1 Å². The number of rotatable bonds is 9. The van der Waals surface area contributed by atoms with Gasteiger partial charge in [-0.05, 0) is 5.56 Å². The summed E-state index contributed by atoms with van der Waals surface area (Å²) in [7, 11) is 6.90. The van der Waals surface area contributed by atoms with Crippen molar-refractivity contribution in [2.45, 2.75) is 31.1 Å². The Labute approximate surface area is 196 Å². The second kappa shape index (κ2) is 10.2. The first-order chi connectivity index (χ1) is 15.7. The standard InChI is InChI=1S/C22H29N7O3S/c1-6-15(26(2)3)19-24-25-21(29(19)12-14-10-8-7-9-11-14)33-13-16(30)17-18(23)27(4)22(32)28(5)20(17)31/h7-11,15H,6,12-13,23H2,1-5H3/p+1/t15-/m0/s1. The Morgan fingerprint density at radius 1 is 1.12 bits per heavy atom. The largest absolute Gasteiger partial charge is 0.384 e. The summed E-state index contributed by atoms with van der Waals surface area (Å²) < 4.78 is 4.01. The normalized spacial score (nSPS) is 12.3. The molecule has 10 nitrogen and oxygen atoms in total. The van der Waals surface area contributed by atoms with Gasteiger partial charge in [-0.15, -0.1) is 10.2 Å². The van der Waals surface area contributed by atoms with E-state index in [1.807, 2.05) is 34.9 Å². The molecule has 0 aliphatic carbocycles. The molecule has 0 amide bonds. The molecule has 11 heteroatoms. The van der Waals surface area contributed by atoms with E-state index in [-0.39, 0.29) is 23.2 Å². The lowest BCUT2D eigenvalue weighted by atomic mass is 10.2. The average Bonchev–Trinajstić information content (AvgIpc) is 3.18. The number of thioether (sulfide) groups is 1. The van der Waals surface area contributed by atoms with E-state index in [4.69, 9.17) is 5.73 Å². The monoisotopic (exact) mass is 472 g/mol. The Hall–Kier alpha value is -3.18. The van der Waals surface area contributed by atoms with Crippen molar-refractivity contribution in [3.8, 4) is 0 Å². The zero-order chi connectivity index (χ0) is 24.3. The number of benzene rings is 1. The molecule has 33 heavy (non-hydrogen) atoms. The first kappa shape index (κ1) is 24.5. The molecular weight excluding hydrogens is 442 g/mol. The van der Waals surface area contributed by atoms with Crippen LogP contribution in [0.3, 0.4) is 0 Å². The van der Waals surface area contributed by atoms with Gasteiger partial charge in [-0.2, -0.15) is 0 Å². The number of aromatic nitrogens is 5. The minimum Gasteiger partial charge on any atom is -0.384 e. The summed E-state index contributed by atoms with van der Waals surface area (Å²) in [4.78, 5) is 38.8. The van der Waals surface area contributed by atoms with Crippen LogP contribution in [0, 0.1) is 0 Å². The average molecular weight is 473 g/mol. The van der Waals surface area contributed by atoms with Gasteiger partial charge in [0, 0.05) is 20.5 Å². The van der Waals surface area contributed by atoms with Gasteiger partial charge in [0.25, 0.3) is 5.56 Å². The van der Waals surface area contributed by atoms with Gasteiger partial charge in [0.1, 0.15) is 17.4 Å². The topological polar surface area (TPSA) is 122 Å². The van der Waals surface area contributed by atoms with Crippen LogP contribution < -0.4 is 21.9 Å². The van der Waals surface area contributed by atoms with Crippen LogP contribution in [-0.4, -0.2) is 49.5 Å². The molecule has 0 saturated heterocycles. The van der Waals surface area contributed by atoms with Gasteiger partial charge in [-0.1, -0.05) is 49.0 Å². The van der Waals surface area contributed by atoms with E-state index >= 15 is 0 Å². The van der Waals surface area contributed by atoms with Crippen molar-refractivity contribution in [1.82, 2.24) is 23.9 Å². The molecule has 3 aromatic rings. The minimum atomic E-state index is -0.699. The lowest BCUT2D eigenvalue weighted by Crippen LogP contribution is -3.06. The molecule has 3 rings (SSSR count). The summed E-state index contributed by atoms with van der Waals surface area (Å²) in [5.74, 6) is 0.182. The first-order valence-electron chi connectivity index (χ1n) is 10.7. The molecule has 2 heterocycles. The molecule has 2 aromatic heterocycles. The Morgan fingerprint density at radius 2 is 1.79 bits per heavy atom. The summed E-state index contributed by atoms with van der Waals surface area (Å²) in [6.07, 6.45) is 0.878. The quantitative estimate of drug-likeness (QED) is 0.329. The van der Waals surface area contributed by atoms with E-state index in [9.17, 15) is 14.4 Å². The molecular formula is C22H30N7O3S+. The van der Waals surface area contributed by atoms with Gasteiger partial charge < -0.3 is 10.6 Å². The SMILES string of the molecule is CC[C@@H](c1nnc(SCC(=O)c2c(N)n(C)c(=O)n(C)c2=O)n1Cc1ccccc1)[NH+](C)C. The van der Waals surface area contributed by atoms with Crippen LogP contribution in [-0.2, 0) is 20.6 Å². The molecule has 0 fully saturated rings. The maximum atomic E-state index is 13.0. The molecule has 0 spiro atoms. The predicted octanol–water partition coefficient (Wildman–Crippen LogP) is -0.123. The molecule has 3 N–H and O–H groups in total. The zero-order valence-corrected chi connectivity index (χ0v) is 20.3. The molecule has 0 bridgehead atoms. The highest BCUT2D eigenvalue weighted by molar-refractivity contribution is 7.99. The van der Waals surface area contributed by atoms with Crippen molar-refractivity contribution in [2.24, 2.45) is 14.1 Å². The van der Waals surface area contributed by atoms with E-state index in [0.717, 1.165) is 26.9 Å². The highest BCUT2D eigenvalue weighted by Gasteiger charge is 2.26. The van der Waals surface area contributed by atoms with E-state index in [1.54, 1.807) is 0 Å². The number of carbonyl (C=O) groups excluding carboxylic acids is 1. The molecule has 0 aliphatic rings. The van der Waals surface area contributed by atoms with E-state index in [2.05, 4.69) is 31.2 Å². The fourth-order valence-corrected chi connectivity index (χ4v) is 4.57. The Morgan fingerprint density at radius 3 is 2.39 bits per heavy atom. The van der Waals surface area contributed by atoms with Crippen LogP contribution in [0.15, 0.2) is 45.1 Å². The molecule has 0 aliphatic heterocycles. The fourth-order valence-electron chi connectivity index (χ4n) is 3.75. The summed E-state index contributed by atoms with van der Waals surface area (Å²) in [6, 6.07) is 10.1. The van der Waals surface area contributed by atoms with E-state index in [1.165, 1.54) is 30.8 Å². The summed E-state index contributed by atoms with van der Waals surface area (Å²) >= 11 is 1.20. The molecule has 0 unspecified atom stereocenters. The highest BCUT2D eigenvalue weighted by atomic mass is 32.2. The summed E-state index contributed by atoms with van der Waals surface area (Å²) in [5, 5.41) is 9.40. The number of carbonyl (C=O) groups is 1. The van der Waals surface area contributed by atoms with Gasteiger partial charge in [-0.3, -0.25) is 23.3 Å². The number of hydrogen-bond donors (Lipinski definition) is 2. The number of nitrogens with two attached hydrogens (primary N) is 1. The molecule has 1 aromatic carbocycles. The number of nitrogens with one attached hydrogen (secondary N) is 1. The van der Waals surface area contributed by atoms with Crippen LogP contribution in [0.4, 0.5) is 5.82 Å². The number of ketones is 1. The summed E-state index contributed by atoms with van der Waals surface area (Å²) in [6.45, 7) is 2.67. The first-order valence-corrected chi connectivity index (χ1v) is 11.6. The number of hydrogen-bond acceptors (Lipinski definition) is 7. The maximum Gasteiger partial charge on any atom is 0.332 e. The van der Waals surface area contributed by atoms with Crippen molar-refractivity contribution >= 4 is 23.4 Å². The lowest BCUT2D eigenvalue weighted by molar-refractivity contribution is -0.893. The molecule has 0 radical (unpaired) electrons. The van der Waals surface area contributed by atoms with Crippen LogP contribution in [0.5, 0.6) is 0 Å². The Bertz CT molecular complexity index is 1260. The summed E-state index contributed by atoms with van der Waals surface area (Å²) in [5.41, 5.74) is 5.56. The third-order valence-electron chi connectivity index (χ3n) is 5.67. The Kier molecular flexibility index (Phi) is 7.54. The number of nitrogen functional groups attached to an aromatic ring is 1. The molecule has 0 saturated carbocycles. The smallest absolute Gasteiger partial charge is 0.332 e. The third kappa shape index (κ3) is 4.93. The molecule has 1 atom stereocenters. The number of quaternary nitrogens is 1. The number of nitrogens with zero attached hydrogens (tertiary/aromatic N) is 5. The van der Waals surface area contributed by atoms with Crippen molar-refractivity contribution in [2.75, 3.05) is 25.6 Å². The van der Waals surface area contributed by atoms with Gasteiger partial charge in [-0.25, -0.2) is 4.79 Å². The van der Waals surface area contributed by atoms with Gasteiger partial charge >= 0.3 is 5.69 Å². The fraction of sp³-hybridized carbons (Fsp3) is 0.409. The van der Waals surface area contributed by atoms with Crippen LogP contribution >= 0.6 is 11.8 Å². The minimum absolute atomic E-state index is 0.0593. The second-order valence-electron chi connectivity index (χ2n) is 8.13.